The van der Waals surface area contributed by atoms with Crippen molar-refractivity contribution >= 4 is 5.97 Å². The van der Waals surface area contributed by atoms with Crippen molar-refractivity contribution in [1.29, 1.82) is 0 Å². The molecular formula is C16H22O5. The van der Waals surface area contributed by atoms with Crippen LogP contribution in [0.2, 0.25) is 0 Å². The first kappa shape index (κ1) is 15.6. The van der Waals surface area contributed by atoms with Crippen LogP contribution in [0.5, 0.6) is 11.5 Å². The Kier molecular flexibility index (Phi) is 5.07. The monoisotopic (exact) mass is 294 g/mol. The highest BCUT2D eigenvalue weighted by Gasteiger charge is 2.37. The Hall–Kier alpha value is -1.75. The van der Waals surface area contributed by atoms with Crippen LogP contribution in [0.15, 0.2) is 18.2 Å². The number of aliphatic hydroxyl groups excluding tert-OH is 1. The van der Waals surface area contributed by atoms with E-state index >= 15 is 0 Å². The fraction of sp³-hybridized carbons (Fsp3) is 0.562. The van der Waals surface area contributed by atoms with Crippen molar-refractivity contribution in [1.82, 2.24) is 0 Å². The number of hydrogen-bond acceptors (Lipinski definition) is 4. The Bertz CT molecular complexity index is 499. The molecule has 0 saturated heterocycles. The highest BCUT2D eigenvalue weighted by molar-refractivity contribution is 5.70. The van der Waals surface area contributed by atoms with Crippen LogP contribution in [0.1, 0.15) is 37.4 Å². The number of methoxy groups -OCH3 is 2. The SMILES string of the molecule is COc1ccc(C(O)C2CCCCC2C(=O)O)c(OC)c1. The third-order valence-electron chi connectivity index (χ3n) is 4.30. The van der Waals surface area contributed by atoms with Gasteiger partial charge in [0, 0.05) is 17.5 Å². The molecule has 1 saturated carbocycles. The van der Waals surface area contributed by atoms with Crippen molar-refractivity contribution < 1.29 is 24.5 Å². The normalized spacial score (nSPS) is 23.4. The number of carboxylic acid groups (broad SMARTS) is 1. The van der Waals surface area contributed by atoms with Gasteiger partial charge in [0.05, 0.1) is 26.2 Å². The average Bonchev–Trinajstić information content (AvgIpc) is 2.53. The molecule has 0 bridgehead atoms. The van der Waals surface area contributed by atoms with Gasteiger partial charge in [0.2, 0.25) is 0 Å². The van der Waals surface area contributed by atoms with Crippen LogP contribution in [0.3, 0.4) is 0 Å². The van der Waals surface area contributed by atoms with E-state index in [1.54, 1.807) is 25.3 Å². The standard InChI is InChI=1S/C16H22O5/c1-20-10-7-8-13(14(9-10)21-2)15(17)11-5-3-4-6-12(11)16(18)19/h7-9,11-12,15,17H,3-6H2,1-2H3,(H,18,19). The molecule has 0 aromatic heterocycles. The molecule has 0 aliphatic heterocycles. The lowest BCUT2D eigenvalue weighted by atomic mass is 9.74. The van der Waals surface area contributed by atoms with Crippen LogP contribution >= 0.6 is 0 Å². The van der Waals surface area contributed by atoms with Crippen molar-refractivity contribution in [2.45, 2.75) is 31.8 Å². The van der Waals surface area contributed by atoms with Gasteiger partial charge in [-0.05, 0) is 25.0 Å². The van der Waals surface area contributed by atoms with Crippen LogP contribution in [0, 0.1) is 11.8 Å². The van der Waals surface area contributed by atoms with Crippen molar-refractivity contribution in [3.63, 3.8) is 0 Å². The second-order valence-corrected chi connectivity index (χ2v) is 5.45. The fourth-order valence-corrected chi connectivity index (χ4v) is 3.14. The minimum Gasteiger partial charge on any atom is -0.497 e. The lowest BCUT2D eigenvalue weighted by Gasteiger charge is -2.33. The van der Waals surface area contributed by atoms with Crippen LogP contribution < -0.4 is 9.47 Å². The third-order valence-corrected chi connectivity index (χ3v) is 4.30. The van der Waals surface area contributed by atoms with Gasteiger partial charge in [0.1, 0.15) is 11.5 Å². The van der Waals surface area contributed by atoms with Crippen molar-refractivity contribution in [3.05, 3.63) is 23.8 Å². The summed E-state index contributed by atoms with van der Waals surface area (Å²) in [6.07, 6.45) is 2.35. The van der Waals surface area contributed by atoms with E-state index < -0.39 is 18.0 Å². The molecule has 3 atom stereocenters. The Balaban J connectivity index is 2.29. The summed E-state index contributed by atoms with van der Waals surface area (Å²) in [5.74, 6) is -0.442. The lowest BCUT2D eigenvalue weighted by molar-refractivity contribution is -0.147. The summed E-state index contributed by atoms with van der Waals surface area (Å²) < 4.78 is 10.4. The first-order valence-electron chi connectivity index (χ1n) is 7.21. The fourth-order valence-electron chi connectivity index (χ4n) is 3.14. The smallest absolute Gasteiger partial charge is 0.306 e. The molecule has 2 rings (SSSR count). The molecule has 21 heavy (non-hydrogen) atoms. The number of aliphatic hydroxyl groups is 1. The van der Waals surface area contributed by atoms with Gasteiger partial charge in [-0.25, -0.2) is 0 Å². The lowest BCUT2D eigenvalue weighted by Crippen LogP contribution is -2.31. The highest BCUT2D eigenvalue weighted by atomic mass is 16.5. The van der Waals surface area contributed by atoms with Crippen molar-refractivity contribution in [3.8, 4) is 11.5 Å². The van der Waals surface area contributed by atoms with E-state index in [-0.39, 0.29) is 5.92 Å². The third kappa shape index (κ3) is 3.29. The maximum atomic E-state index is 11.4. The molecule has 2 N–H and O–H groups in total. The predicted octanol–water partition coefficient (Wildman–Crippen LogP) is 2.63. The summed E-state index contributed by atoms with van der Waals surface area (Å²) in [6.45, 7) is 0. The van der Waals surface area contributed by atoms with Gasteiger partial charge >= 0.3 is 5.97 Å². The molecule has 1 aliphatic carbocycles. The number of hydrogen-bond donors (Lipinski definition) is 2. The molecule has 0 spiro atoms. The zero-order chi connectivity index (χ0) is 15.4. The molecule has 0 radical (unpaired) electrons. The first-order valence-corrected chi connectivity index (χ1v) is 7.21. The molecule has 0 heterocycles. The summed E-state index contributed by atoms with van der Waals surface area (Å²) in [6, 6.07) is 5.20. The molecule has 5 nitrogen and oxygen atoms in total. The summed E-state index contributed by atoms with van der Waals surface area (Å²) in [5, 5.41) is 20.0. The predicted molar refractivity (Wildman–Crippen MR) is 77.6 cm³/mol. The van der Waals surface area contributed by atoms with Gasteiger partial charge in [-0.3, -0.25) is 4.79 Å². The largest absolute Gasteiger partial charge is 0.497 e. The number of benzene rings is 1. The Morgan fingerprint density at radius 3 is 2.57 bits per heavy atom. The molecule has 1 fully saturated rings. The maximum Gasteiger partial charge on any atom is 0.306 e. The van der Waals surface area contributed by atoms with Gasteiger partial charge in [-0.15, -0.1) is 0 Å². The van der Waals surface area contributed by atoms with E-state index in [4.69, 9.17) is 9.47 Å². The Labute approximate surface area is 124 Å². The number of rotatable bonds is 5. The quantitative estimate of drug-likeness (QED) is 0.873. The number of ether oxygens (including phenoxy) is 2. The van der Waals surface area contributed by atoms with Crippen LogP contribution in [0.4, 0.5) is 0 Å². The van der Waals surface area contributed by atoms with Gasteiger partial charge in [-0.2, -0.15) is 0 Å². The van der Waals surface area contributed by atoms with E-state index in [0.717, 1.165) is 12.8 Å². The van der Waals surface area contributed by atoms with Gasteiger partial charge in [0.25, 0.3) is 0 Å². The van der Waals surface area contributed by atoms with E-state index in [9.17, 15) is 15.0 Å². The Morgan fingerprint density at radius 1 is 1.24 bits per heavy atom. The van der Waals surface area contributed by atoms with E-state index in [1.807, 2.05) is 0 Å². The summed E-state index contributed by atoms with van der Waals surface area (Å²) in [4.78, 5) is 11.4. The topological polar surface area (TPSA) is 76.0 Å². The number of aliphatic carboxylic acids is 1. The molecule has 1 aromatic carbocycles. The van der Waals surface area contributed by atoms with Crippen molar-refractivity contribution in [2.24, 2.45) is 11.8 Å². The summed E-state index contributed by atoms with van der Waals surface area (Å²) >= 11 is 0. The average molecular weight is 294 g/mol. The summed E-state index contributed by atoms with van der Waals surface area (Å²) in [5.41, 5.74) is 0.622. The molecule has 3 unspecified atom stereocenters. The van der Waals surface area contributed by atoms with Crippen LogP contribution in [-0.4, -0.2) is 30.4 Å². The minimum atomic E-state index is -0.841. The summed E-state index contributed by atoms with van der Waals surface area (Å²) in [7, 11) is 3.09. The minimum absolute atomic E-state index is 0.279. The number of carbonyl (C=O) groups is 1. The van der Waals surface area contributed by atoms with Crippen LogP contribution in [-0.2, 0) is 4.79 Å². The first-order chi connectivity index (χ1) is 10.1. The second-order valence-electron chi connectivity index (χ2n) is 5.45. The molecular weight excluding hydrogens is 272 g/mol. The second kappa shape index (κ2) is 6.80. The highest BCUT2D eigenvalue weighted by Crippen LogP contribution is 2.42. The van der Waals surface area contributed by atoms with Gasteiger partial charge < -0.3 is 19.7 Å². The molecule has 116 valence electrons. The van der Waals surface area contributed by atoms with Crippen molar-refractivity contribution in [2.75, 3.05) is 14.2 Å². The van der Waals surface area contributed by atoms with E-state index in [0.29, 0.717) is 29.9 Å². The molecule has 1 aliphatic rings. The zero-order valence-corrected chi connectivity index (χ0v) is 12.4. The number of carboxylic acids is 1. The molecule has 1 aromatic rings. The van der Waals surface area contributed by atoms with Gasteiger partial charge in [0.15, 0.2) is 0 Å². The van der Waals surface area contributed by atoms with E-state index in [2.05, 4.69) is 0 Å². The maximum absolute atomic E-state index is 11.4. The molecule has 0 amide bonds. The Morgan fingerprint density at radius 2 is 1.95 bits per heavy atom. The van der Waals surface area contributed by atoms with E-state index in [1.165, 1.54) is 7.11 Å². The van der Waals surface area contributed by atoms with Gasteiger partial charge in [-0.1, -0.05) is 12.8 Å². The zero-order valence-electron chi connectivity index (χ0n) is 12.4. The molecule has 5 heteroatoms. The van der Waals surface area contributed by atoms with Crippen LogP contribution in [0.25, 0.3) is 0 Å².